The van der Waals surface area contributed by atoms with Crippen LogP contribution in [0.2, 0.25) is 0 Å². The van der Waals surface area contributed by atoms with Gasteiger partial charge in [-0.1, -0.05) is 6.92 Å². The summed E-state index contributed by atoms with van der Waals surface area (Å²) >= 11 is 0. The molecule has 0 saturated carbocycles. The SMILES string of the molecule is CCCNC1COCC1C(=O)N(C)CCCCCO. The molecule has 19 heavy (non-hydrogen) atoms. The molecule has 2 unspecified atom stereocenters. The highest BCUT2D eigenvalue weighted by atomic mass is 16.5. The van der Waals surface area contributed by atoms with E-state index in [-0.39, 0.29) is 24.5 Å². The number of hydrogen-bond donors (Lipinski definition) is 2. The molecule has 0 aromatic heterocycles. The zero-order valence-corrected chi connectivity index (χ0v) is 12.2. The van der Waals surface area contributed by atoms with Crippen LogP contribution in [0.3, 0.4) is 0 Å². The van der Waals surface area contributed by atoms with Crippen molar-refractivity contribution in [2.75, 3.05) is 40.0 Å². The molecule has 2 atom stereocenters. The third-order valence-corrected chi connectivity index (χ3v) is 3.58. The van der Waals surface area contributed by atoms with E-state index in [4.69, 9.17) is 9.84 Å². The Morgan fingerprint density at radius 3 is 2.84 bits per heavy atom. The Hall–Kier alpha value is -0.650. The predicted octanol–water partition coefficient (Wildman–Crippen LogP) is 0.622. The molecule has 0 aromatic rings. The lowest BCUT2D eigenvalue weighted by molar-refractivity contribution is -0.134. The maximum atomic E-state index is 12.3. The highest BCUT2D eigenvalue weighted by molar-refractivity contribution is 5.79. The maximum Gasteiger partial charge on any atom is 0.229 e. The van der Waals surface area contributed by atoms with E-state index in [1.807, 2.05) is 7.05 Å². The van der Waals surface area contributed by atoms with Gasteiger partial charge in [0.25, 0.3) is 0 Å². The Labute approximate surface area is 116 Å². The molecule has 1 aliphatic rings. The Morgan fingerprint density at radius 2 is 2.16 bits per heavy atom. The van der Waals surface area contributed by atoms with Crippen molar-refractivity contribution in [2.24, 2.45) is 5.92 Å². The monoisotopic (exact) mass is 272 g/mol. The van der Waals surface area contributed by atoms with Crippen LogP contribution in [-0.2, 0) is 9.53 Å². The molecule has 0 spiro atoms. The van der Waals surface area contributed by atoms with E-state index in [1.165, 1.54) is 0 Å². The largest absolute Gasteiger partial charge is 0.396 e. The van der Waals surface area contributed by atoms with Gasteiger partial charge in [-0.2, -0.15) is 0 Å². The van der Waals surface area contributed by atoms with Crippen molar-refractivity contribution in [3.8, 4) is 0 Å². The molecule has 2 N–H and O–H groups in total. The molecule has 0 aliphatic carbocycles. The van der Waals surface area contributed by atoms with Crippen molar-refractivity contribution in [2.45, 2.75) is 38.6 Å². The minimum Gasteiger partial charge on any atom is -0.396 e. The Kier molecular flexibility index (Phi) is 8.02. The normalized spacial score (nSPS) is 22.7. The van der Waals surface area contributed by atoms with Crippen LogP contribution < -0.4 is 5.32 Å². The minimum absolute atomic E-state index is 0.0469. The van der Waals surface area contributed by atoms with Gasteiger partial charge >= 0.3 is 0 Å². The summed E-state index contributed by atoms with van der Waals surface area (Å²) in [5.74, 6) is 0.129. The molecule has 5 heteroatoms. The lowest BCUT2D eigenvalue weighted by Gasteiger charge is -2.24. The highest BCUT2D eigenvalue weighted by Crippen LogP contribution is 2.16. The number of aliphatic hydroxyl groups is 1. The molecule has 0 radical (unpaired) electrons. The van der Waals surface area contributed by atoms with Gasteiger partial charge in [-0.25, -0.2) is 0 Å². The maximum absolute atomic E-state index is 12.3. The quantitative estimate of drug-likeness (QED) is 0.604. The number of nitrogens with zero attached hydrogens (tertiary/aromatic N) is 1. The summed E-state index contributed by atoms with van der Waals surface area (Å²) in [6.07, 6.45) is 3.79. The average molecular weight is 272 g/mol. The molecule has 0 aromatic carbocycles. The number of carbonyl (C=O) groups is 1. The van der Waals surface area contributed by atoms with Crippen molar-refractivity contribution in [3.05, 3.63) is 0 Å². The summed E-state index contributed by atoms with van der Waals surface area (Å²) in [7, 11) is 1.86. The lowest BCUT2D eigenvalue weighted by atomic mass is 10.0. The zero-order valence-electron chi connectivity index (χ0n) is 12.2. The van der Waals surface area contributed by atoms with E-state index < -0.39 is 0 Å². The standard InChI is InChI=1S/C14H28N2O3/c1-3-7-15-13-11-19-10-12(13)14(18)16(2)8-5-4-6-9-17/h12-13,15,17H,3-11H2,1-2H3. The summed E-state index contributed by atoms with van der Waals surface area (Å²) in [4.78, 5) is 14.1. The van der Waals surface area contributed by atoms with Crippen LogP contribution in [0.5, 0.6) is 0 Å². The van der Waals surface area contributed by atoms with Gasteiger partial charge in [-0.15, -0.1) is 0 Å². The van der Waals surface area contributed by atoms with Gasteiger partial charge in [0.1, 0.15) is 0 Å². The first-order chi connectivity index (χ1) is 9.20. The Bertz CT molecular complexity index is 261. The molecular weight excluding hydrogens is 244 g/mol. The van der Waals surface area contributed by atoms with Gasteiger partial charge in [0.15, 0.2) is 0 Å². The molecule has 112 valence electrons. The topological polar surface area (TPSA) is 61.8 Å². The van der Waals surface area contributed by atoms with E-state index in [2.05, 4.69) is 12.2 Å². The number of nitrogens with one attached hydrogen (secondary N) is 1. The number of unbranched alkanes of at least 4 members (excludes halogenated alkanes) is 2. The smallest absolute Gasteiger partial charge is 0.229 e. The van der Waals surface area contributed by atoms with Crippen molar-refractivity contribution in [1.29, 1.82) is 0 Å². The summed E-state index contributed by atoms with van der Waals surface area (Å²) in [6.45, 7) is 5.20. The fourth-order valence-corrected chi connectivity index (χ4v) is 2.36. The van der Waals surface area contributed by atoms with Gasteiger partial charge in [0, 0.05) is 26.2 Å². The summed E-state index contributed by atoms with van der Waals surface area (Å²) in [5.41, 5.74) is 0. The van der Waals surface area contributed by atoms with Crippen LogP contribution in [-0.4, -0.2) is 61.9 Å². The van der Waals surface area contributed by atoms with Crippen LogP contribution in [0, 0.1) is 5.92 Å². The van der Waals surface area contributed by atoms with E-state index in [0.717, 1.165) is 38.8 Å². The third-order valence-electron chi connectivity index (χ3n) is 3.58. The predicted molar refractivity (Wildman–Crippen MR) is 75.0 cm³/mol. The Morgan fingerprint density at radius 1 is 1.37 bits per heavy atom. The van der Waals surface area contributed by atoms with E-state index in [9.17, 15) is 4.79 Å². The fourth-order valence-electron chi connectivity index (χ4n) is 2.36. The van der Waals surface area contributed by atoms with Crippen LogP contribution in [0.1, 0.15) is 32.6 Å². The summed E-state index contributed by atoms with van der Waals surface area (Å²) < 4.78 is 5.44. The van der Waals surface area contributed by atoms with Crippen LogP contribution in [0.4, 0.5) is 0 Å². The van der Waals surface area contributed by atoms with Gasteiger partial charge < -0.3 is 20.1 Å². The fraction of sp³-hybridized carbons (Fsp3) is 0.929. The summed E-state index contributed by atoms with van der Waals surface area (Å²) in [6, 6.07) is 0.160. The lowest BCUT2D eigenvalue weighted by Crippen LogP contribution is -2.45. The average Bonchev–Trinajstić information content (AvgIpc) is 2.88. The number of carbonyl (C=O) groups excluding carboxylic acids is 1. The minimum atomic E-state index is -0.0469. The van der Waals surface area contributed by atoms with E-state index in [0.29, 0.717) is 13.2 Å². The third kappa shape index (κ3) is 5.47. The second kappa shape index (κ2) is 9.28. The van der Waals surface area contributed by atoms with Crippen molar-refractivity contribution >= 4 is 5.91 Å². The van der Waals surface area contributed by atoms with Gasteiger partial charge in [-0.3, -0.25) is 4.79 Å². The molecule has 1 saturated heterocycles. The van der Waals surface area contributed by atoms with Crippen LogP contribution in [0.15, 0.2) is 0 Å². The number of rotatable bonds is 9. The number of hydrogen-bond acceptors (Lipinski definition) is 4. The molecule has 1 amide bonds. The first kappa shape index (κ1) is 16.4. The van der Waals surface area contributed by atoms with Crippen molar-refractivity contribution in [1.82, 2.24) is 10.2 Å². The second-order valence-corrected chi connectivity index (χ2v) is 5.25. The molecule has 5 nitrogen and oxygen atoms in total. The zero-order chi connectivity index (χ0) is 14.1. The van der Waals surface area contributed by atoms with Gasteiger partial charge in [-0.05, 0) is 32.2 Å². The molecule has 1 heterocycles. The van der Waals surface area contributed by atoms with E-state index in [1.54, 1.807) is 4.90 Å². The number of aliphatic hydroxyl groups excluding tert-OH is 1. The molecule has 0 bridgehead atoms. The van der Waals surface area contributed by atoms with Gasteiger partial charge in [0.05, 0.1) is 19.1 Å². The molecule has 1 aliphatic heterocycles. The first-order valence-corrected chi connectivity index (χ1v) is 7.37. The highest BCUT2D eigenvalue weighted by Gasteiger charge is 2.34. The first-order valence-electron chi connectivity index (χ1n) is 7.37. The second-order valence-electron chi connectivity index (χ2n) is 5.25. The molecule has 1 fully saturated rings. The number of ether oxygens (including phenoxy) is 1. The van der Waals surface area contributed by atoms with E-state index >= 15 is 0 Å². The molecule has 1 rings (SSSR count). The van der Waals surface area contributed by atoms with Crippen molar-refractivity contribution in [3.63, 3.8) is 0 Å². The molecular formula is C14H28N2O3. The Balaban J connectivity index is 2.33. The van der Waals surface area contributed by atoms with Gasteiger partial charge in [0.2, 0.25) is 5.91 Å². The van der Waals surface area contributed by atoms with Crippen molar-refractivity contribution < 1.29 is 14.6 Å². The van der Waals surface area contributed by atoms with Crippen LogP contribution >= 0.6 is 0 Å². The van der Waals surface area contributed by atoms with Crippen LogP contribution in [0.25, 0.3) is 0 Å². The summed E-state index contributed by atoms with van der Waals surface area (Å²) in [5, 5.41) is 12.1. The number of amides is 1.